The van der Waals surface area contributed by atoms with E-state index in [1.165, 1.54) is 50.5 Å². The van der Waals surface area contributed by atoms with Gasteiger partial charge < -0.3 is 4.52 Å². The van der Waals surface area contributed by atoms with Crippen molar-refractivity contribution < 1.29 is 4.52 Å². The minimum absolute atomic E-state index is 0.813. The molecule has 1 aromatic rings. The highest BCUT2D eigenvalue weighted by atomic mass is 32.2. The average molecular weight is 295 g/mol. The van der Waals surface area contributed by atoms with Crippen molar-refractivity contribution in [3.05, 3.63) is 17.5 Å². The minimum atomic E-state index is 0.813. The fourth-order valence-corrected chi connectivity index (χ4v) is 4.13. The van der Waals surface area contributed by atoms with Gasteiger partial charge in [0, 0.05) is 49.8 Å². The van der Waals surface area contributed by atoms with E-state index in [-0.39, 0.29) is 0 Å². The summed E-state index contributed by atoms with van der Waals surface area (Å²) >= 11 is 2.10. The van der Waals surface area contributed by atoms with Gasteiger partial charge in [-0.2, -0.15) is 11.8 Å². The summed E-state index contributed by atoms with van der Waals surface area (Å²) in [5.74, 6) is 3.66. The van der Waals surface area contributed by atoms with Gasteiger partial charge in [-0.25, -0.2) is 0 Å². The molecule has 2 fully saturated rings. The number of piperidine rings is 1. The van der Waals surface area contributed by atoms with Crippen LogP contribution in [0.3, 0.4) is 0 Å². The van der Waals surface area contributed by atoms with Crippen molar-refractivity contribution in [2.75, 3.05) is 37.7 Å². The lowest BCUT2D eigenvalue weighted by Gasteiger charge is -2.39. The van der Waals surface area contributed by atoms with Gasteiger partial charge in [-0.05, 0) is 19.3 Å². The third-order valence-corrected chi connectivity index (χ3v) is 5.41. The maximum absolute atomic E-state index is 5.40. The molecule has 2 aliphatic rings. The molecule has 4 nitrogen and oxygen atoms in total. The summed E-state index contributed by atoms with van der Waals surface area (Å²) in [4.78, 5) is 5.21. The largest absolute Gasteiger partial charge is 0.360 e. The maximum atomic E-state index is 5.40. The van der Waals surface area contributed by atoms with Gasteiger partial charge in [0.15, 0.2) is 5.76 Å². The number of aromatic nitrogens is 1. The molecule has 0 spiro atoms. The Morgan fingerprint density at radius 3 is 2.65 bits per heavy atom. The normalized spacial score (nSPS) is 23.2. The number of aryl methyl sites for hydroxylation is 1. The van der Waals surface area contributed by atoms with E-state index in [1.54, 1.807) is 0 Å². The monoisotopic (exact) mass is 295 g/mol. The number of thioether (sulfide) groups is 1. The van der Waals surface area contributed by atoms with Crippen LogP contribution < -0.4 is 0 Å². The van der Waals surface area contributed by atoms with Gasteiger partial charge in [0.2, 0.25) is 0 Å². The van der Waals surface area contributed by atoms with Crippen LogP contribution in [0.1, 0.15) is 31.2 Å². The van der Waals surface area contributed by atoms with Crippen molar-refractivity contribution in [2.45, 2.75) is 38.8 Å². The van der Waals surface area contributed by atoms with Crippen LogP contribution in [0.2, 0.25) is 0 Å². The van der Waals surface area contributed by atoms with E-state index < -0.39 is 0 Å². The molecule has 3 rings (SSSR count). The Hall–Kier alpha value is -0.520. The summed E-state index contributed by atoms with van der Waals surface area (Å²) < 4.78 is 5.40. The van der Waals surface area contributed by atoms with Crippen molar-refractivity contribution in [3.8, 4) is 0 Å². The van der Waals surface area contributed by atoms with Crippen LogP contribution in [0.25, 0.3) is 0 Å². The van der Waals surface area contributed by atoms with Gasteiger partial charge in [0.05, 0.1) is 12.2 Å². The van der Waals surface area contributed by atoms with Gasteiger partial charge in [0.1, 0.15) is 0 Å². The quantitative estimate of drug-likeness (QED) is 0.851. The van der Waals surface area contributed by atoms with Crippen LogP contribution in [-0.2, 0) is 13.0 Å². The van der Waals surface area contributed by atoms with Crippen molar-refractivity contribution in [2.24, 2.45) is 0 Å². The van der Waals surface area contributed by atoms with E-state index in [2.05, 4.69) is 39.7 Å². The number of nitrogens with zero attached hydrogens (tertiary/aromatic N) is 3. The summed E-state index contributed by atoms with van der Waals surface area (Å²) in [6.45, 7) is 8.00. The average Bonchev–Trinajstić information content (AvgIpc) is 2.97. The minimum Gasteiger partial charge on any atom is -0.360 e. The van der Waals surface area contributed by atoms with Crippen LogP contribution in [0, 0.1) is 0 Å². The van der Waals surface area contributed by atoms with Crippen molar-refractivity contribution >= 4 is 11.8 Å². The lowest BCUT2D eigenvalue weighted by Crippen LogP contribution is -2.47. The predicted molar refractivity (Wildman–Crippen MR) is 83.1 cm³/mol. The Kier molecular flexibility index (Phi) is 5.02. The molecule has 0 saturated carbocycles. The second kappa shape index (κ2) is 6.96. The Labute approximate surface area is 125 Å². The number of hydrogen-bond acceptors (Lipinski definition) is 5. The van der Waals surface area contributed by atoms with Crippen LogP contribution in [0.15, 0.2) is 10.6 Å². The second-order valence-corrected chi connectivity index (χ2v) is 7.02. The van der Waals surface area contributed by atoms with Gasteiger partial charge in [-0.15, -0.1) is 0 Å². The van der Waals surface area contributed by atoms with Crippen LogP contribution in [0.5, 0.6) is 0 Å². The van der Waals surface area contributed by atoms with E-state index in [0.717, 1.165) is 30.5 Å². The summed E-state index contributed by atoms with van der Waals surface area (Å²) in [6, 6.07) is 2.92. The third kappa shape index (κ3) is 3.57. The molecule has 20 heavy (non-hydrogen) atoms. The second-order valence-electron chi connectivity index (χ2n) is 5.79. The van der Waals surface area contributed by atoms with Gasteiger partial charge in [-0.3, -0.25) is 9.80 Å². The summed E-state index contributed by atoms with van der Waals surface area (Å²) in [5.41, 5.74) is 1.07. The molecular formula is C15H25N3OS. The first kappa shape index (κ1) is 14.4. The van der Waals surface area contributed by atoms with Crippen LogP contribution in [-0.4, -0.2) is 58.7 Å². The molecule has 0 atom stereocenters. The first-order valence-corrected chi connectivity index (χ1v) is 8.99. The molecule has 5 heteroatoms. The number of likely N-dealkylation sites (tertiary alicyclic amines) is 1. The molecule has 2 aliphatic heterocycles. The fourth-order valence-electron chi connectivity index (χ4n) is 3.20. The molecule has 0 aliphatic carbocycles. The molecule has 2 saturated heterocycles. The first-order chi connectivity index (χ1) is 9.85. The zero-order chi connectivity index (χ0) is 13.8. The van der Waals surface area contributed by atoms with Gasteiger partial charge in [-0.1, -0.05) is 12.1 Å². The van der Waals surface area contributed by atoms with E-state index in [0.29, 0.717) is 0 Å². The zero-order valence-electron chi connectivity index (χ0n) is 12.4. The molecule has 0 bridgehead atoms. The maximum Gasteiger partial charge on any atom is 0.150 e. The molecule has 0 radical (unpaired) electrons. The lowest BCUT2D eigenvalue weighted by molar-refractivity contribution is 0.106. The SMILES string of the molecule is CCc1cc(CN2CCC(N3CCSCC3)CC2)on1. The predicted octanol–water partition coefficient (Wildman–Crippen LogP) is 2.25. The Morgan fingerprint density at radius 1 is 1.25 bits per heavy atom. The Morgan fingerprint density at radius 2 is 2.00 bits per heavy atom. The molecule has 0 unspecified atom stereocenters. The molecule has 0 aromatic carbocycles. The van der Waals surface area contributed by atoms with Crippen molar-refractivity contribution in [1.82, 2.24) is 15.0 Å². The van der Waals surface area contributed by atoms with E-state index >= 15 is 0 Å². The molecule has 1 aromatic heterocycles. The third-order valence-electron chi connectivity index (χ3n) is 4.47. The fraction of sp³-hybridized carbons (Fsp3) is 0.800. The van der Waals surface area contributed by atoms with E-state index in [1.807, 2.05) is 0 Å². The Bertz CT molecular complexity index is 409. The first-order valence-electron chi connectivity index (χ1n) is 7.84. The zero-order valence-corrected chi connectivity index (χ0v) is 13.2. The van der Waals surface area contributed by atoms with Crippen LogP contribution >= 0.6 is 11.8 Å². The highest BCUT2D eigenvalue weighted by molar-refractivity contribution is 7.99. The van der Waals surface area contributed by atoms with Crippen molar-refractivity contribution in [3.63, 3.8) is 0 Å². The summed E-state index contributed by atoms with van der Waals surface area (Å²) in [6.07, 6.45) is 3.57. The number of rotatable bonds is 4. The number of hydrogen-bond donors (Lipinski definition) is 0. The molecule has 0 N–H and O–H groups in total. The van der Waals surface area contributed by atoms with Crippen LogP contribution in [0.4, 0.5) is 0 Å². The molecule has 0 amide bonds. The smallest absolute Gasteiger partial charge is 0.150 e. The lowest BCUT2D eigenvalue weighted by atomic mass is 10.0. The van der Waals surface area contributed by atoms with E-state index in [9.17, 15) is 0 Å². The topological polar surface area (TPSA) is 32.5 Å². The molecular weight excluding hydrogens is 270 g/mol. The summed E-state index contributed by atoms with van der Waals surface area (Å²) in [7, 11) is 0. The molecule has 112 valence electrons. The highest BCUT2D eigenvalue weighted by Gasteiger charge is 2.26. The summed E-state index contributed by atoms with van der Waals surface area (Å²) in [5, 5.41) is 4.08. The van der Waals surface area contributed by atoms with Gasteiger partial charge >= 0.3 is 0 Å². The van der Waals surface area contributed by atoms with Crippen molar-refractivity contribution in [1.29, 1.82) is 0 Å². The van der Waals surface area contributed by atoms with Gasteiger partial charge in [0.25, 0.3) is 0 Å². The Balaban J connectivity index is 1.45. The molecule has 3 heterocycles. The highest BCUT2D eigenvalue weighted by Crippen LogP contribution is 2.21. The van der Waals surface area contributed by atoms with E-state index in [4.69, 9.17) is 4.52 Å². The standard InChI is InChI=1S/C15H25N3OS/c1-2-13-11-15(19-16-13)12-17-5-3-14(4-6-17)18-7-9-20-10-8-18/h11,14H,2-10,12H2,1H3.